The fourth-order valence-corrected chi connectivity index (χ4v) is 1.09. The highest BCUT2D eigenvalue weighted by Crippen LogP contribution is 2.23. The van der Waals surface area contributed by atoms with E-state index in [1.165, 1.54) is 18.4 Å². The fourth-order valence-electron chi connectivity index (χ4n) is 1.09. The molecule has 1 aliphatic rings. The topological polar surface area (TPSA) is 52.0 Å². The van der Waals surface area contributed by atoms with Gasteiger partial charge in [-0.3, -0.25) is 0 Å². The molecule has 0 amide bonds. The summed E-state index contributed by atoms with van der Waals surface area (Å²) in [7, 11) is 0. The van der Waals surface area contributed by atoms with Crippen LogP contribution in [-0.4, -0.2) is 0 Å². The van der Waals surface area contributed by atoms with Gasteiger partial charge in [0, 0.05) is 0 Å². The molecule has 0 aliphatic heterocycles. The summed E-state index contributed by atoms with van der Waals surface area (Å²) < 4.78 is 0. The van der Waals surface area contributed by atoms with Gasteiger partial charge in [0.05, 0.1) is 5.82 Å². The minimum Gasteiger partial charge on any atom is -0.386 e. The summed E-state index contributed by atoms with van der Waals surface area (Å²) >= 11 is 0. The van der Waals surface area contributed by atoms with Crippen molar-refractivity contribution in [1.29, 1.82) is 0 Å². The van der Waals surface area contributed by atoms with Crippen LogP contribution in [0.15, 0.2) is 11.4 Å². The molecule has 8 heavy (non-hydrogen) atoms. The fraction of sp³-hybridized carbons (Fsp3) is 0.667. The molecule has 1 fully saturated rings. The molecule has 0 heterocycles. The van der Waals surface area contributed by atoms with Crippen LogP contribution in [0.3, 0.4) is 0 Å². The maximum absolute atomic E-state index is 5.36. The molecule has 0 unspecified atom stereocenters. The normalized spacial score (nSPS) is 19.2. The summed E-state index contributed by atoms with van der Waals surface area (Å²) in [4.78, 5) is 0. The van der Waals surface area contributed by atoms with Crippen molar-refractivity contribution in [2.24, 2.45) is 11.5 Å². The quantitative estimate of drug-likeness (QED) is 0.484. The predicted molar refractivity (Wildman–Crippen MR) is 33.9 cm³/mol. The Labute approximate surface area is 49.5 Å². The molecule has 0 saturated heterocycles. The Morgan fingerprint density at radius 2 is 1.62 bits per heavy atom. The third-order valence-electron chi connectivity index (χ3n) is 1.62. The molecule has 0 radical (unpaired) electrons. The molecule has 0 aromatic heterocycles. The van der Waals surface area contributed by atoms with Gasteiger partial charge < -0.3 is 11.5 Å². The lowest BCUT2D eigenvalue weighted by Gasteiger charge is -1.95. The molecule has 46 valence electrons. The van der Waals surface area contributed by atoms with E-state index in [-0.39, 0.29) is 0 Å². The zero-order chi connectivity index (χ0) is 5.98. The first-order valence-electron chi connectivity index (χ1n) is 3.03. The van der Waals surface area contributed by atoms with Gasteiger partial charge in [0.1, 0.15) is 0 Å². The van der Waals surface area contributed by atoms with E-state index in [4.69, 9.17) is 11.5 Å². The Kier molecular flexibility index (Phi) is 1.42. The van der Waals surface area contributed by atoms with Gasteiger partial charge in [0.25, 0.3) is 0 Å². The SMILES string of the molecule is NC(N)=C1CCCC1. The first kappa shape index (κ1) is 5.48. The highest BCUT2D eigenvalue weighted by atomic mass is 14.8. The zero-order valence-electron chi connectivity index (χ0n) is 4.98. The van der Waals surface area contributed by atoms with Crippen LogP contribution in [0.1, 0.15) is 25.7 Å². The Balaban J connectivity index is 2.58. The molecule has 0 spiro atoms. The van der Waals surface area contributed by atoms with Gasteiger partial charge in [-0.1, -0.05) is 0 Å². The van der Waals surface area contributed by atoms with Crippen LogP contribution in [0.2, 0.25) is 0 Å². The smallest absolute Gasteiger partial charge is 0.0925 e. The average molecular weight is 112 g/mol. The largest absolute Gasteiger partial charge is 0.386 e. The standard InChI is InChI=1S/C6H12N2/c7-6(8)5-3-1-2-4-5/h1-4,7-8H2. The van der Waals surface area contributed by atoms with Gasteiger partial charge >= 0.3 is 0 Å². The van der Waals surface area contributed by atoms with E-state index in [9.17, 15) is 0 Å². The van der Waals surface area contributed by atoms with Gasteiger partial charge in [-0.05, 0) is 31.3 Å². The Morgan fingerprint density at radius 3 is 1.88 bits per heavy atom. The zero-order valence-corrected chi connectivity index (χ0v) is 4.98. The summed E-state index contributed by atoms with van der Waals surface area (Å²) in [5.41, 5.74) is 12.0. The molecule has 1 aliphatic carbocycles. The summed E-state index contributed by atoms with van der Waals surface area (Å²) in [6.45, 7) is 0. The second-order valence-electron chi connectivity index (χ2n) is 2.27. The Morgan fingerprint density at radius 1 is 1.12 bits per heavy atom. The first-order valence-corrected chi connectivity index (χ1v) is 3.03. The van der Waals surface area contributed by atoms with E-state index in [0.717, 1.165) is 12.8 Å². The summed E-state index contributed by atoms with van der Waals surface area (Å²) in [6.07, 6.45) is 4.80. The Bertz CT molecular complexity index is 104. The number of allylic oxidation sites excluding steroid dienone is 1. The summed E-state index contributed by atoms with van der Waals surface area (Å²) in [6, 6.07) is 0. The lowest BCUT2D eigenvalue weighted by atomic mass is 10.2. The highest BCUT2D eigenvalue weighted by Gasteiger charge is 2.07. The van der Waals surface area contributed by atoms with Crippen LogP contribution >= 0.6 is 0 Å². The van der Waals surface area contributed by atoms with Crippen molar-refractivity contribution in [1.82, 2.24) is 0 Å². The van der Waals surface area contributed by atoms with Crippen LogP contribution in [0, 0.1) is 0 Å². The average Bonchev–Trinajstić information content (AvgIpc) is 2.12. The van der Waals surface area contributed by atoms with Crippen LogP contribution in [0.4, 0.5) is 0 Å². The monoisotopic (exact) mass is 112 g/mol. The molecule has 1 rings (SSSR count). The third-order valence-corrected chi connectivity index (χ3v) is 1.62. The lowest BCUT2D eigenvalue weighted by Crippen LogP contribution is -2.10. The maximum atomic E-state index is 5.36. The van der Waals surface area contributed by atoms with E-state index in [0.29, 0.717) is 5.82 Å². The number of rotatable bonds is 0. The third kappa shape index (κ3) is 0.941. The molecule has 1 saturated carbocycles. The van der Waals surface area contributed by atoms with Crippen LogP contribution in [0.5, 0.6) is 0 Å². The van der Waals surface area contributed by atoms with Crippen molar-refractivity contribution < 1.29 is 0 Å². The Hall–Kier alpha value is -0.660. The van der Waals surface area contributed by atoms with E-state index < -0.39 is 0 Å². The van der Waals surface area contributed by atoms with Gasteiger partial charge in [-0.25, -0.2) is 0 Å². The van der Waals surface area contributed by atoms with Crippen molar-refractivity contribution in [3.8, 4) is 0 Å². The molecular weight excluding hydrogens is 100 g/mol. The minimum absolute atomic E-state index is 0.558. The number of hydrogen-bond acceptors (Lipinski definition) is 2. The van der Waals surface area contributed by atoms with Crippen LogP contribution in [0.25, 0.3) is 0 Å². The van der Waals surface area contributed by atoms with E-state index in [2.05, 4.69) is 0 Å². The second kappa shape index (κ2) is 2.07. The lowest BCUT2D eigenvalue weighted by molar-refractivity contribution is 0.886. The molecule has 4 N–H and O–H groups in total. The maximum Gasteiger partial charge on any atom is 0.0925 e. The first-order chi connectivity index (χ1) is 3.80. The molecule has 2 heteroatoms. The van der Waals surface area contributed by atoms with Crippen LogP contribution in [-0.2, 0) is 0 Å². The van der Waals surface area contributed by atoms with Gasteiger partial charge in [-0.2, -0.15) is 0 Å². The number of nitrogens with two attached hydrogens (primary N) is 2. The molecule has 0 aromatic carbocycles. The van der Waals surface area contributed by atoms with Gasteiger partial charge in [0.15, 0.2) is 0 Å². The highest BCUT2D eigenvalue weighted by molar-refractivity contribution is 5.10. The van der Waals surface area contributed by atoms with Crippen LogP contribution < -0.4 is 11.5 Å². The van der Waals surface area contributed by atoms with Gasteiger partial charge in [-0.15, -0.1) is 0 Å². The molecule has 2 nitrogen and oxygen atoms in total. The molecular formula is C6H12N2. The van der Waals surface area contributed by atoms with Crippen molar-refractivity contribution in [3.05, 3.63) is 11.4 Å². The van der Waals surface area contributed by atoms with Crippen molar-refractivity contribution in [2.75, 3.05) is 0 Å². The van der Waals surface area contributed by atoms with Crippen molar-refractivity contribution in [2.45, 2.75) is 25.7 Å². The summed E-state index contributed by atoms with van der Waals surface area (Å²) in [5.74, 6) is 0.558. The molecule has 0 bridgehead atoms. The predicted octanol–water partition coefficient (Wildman–Crippen LogP) is 0.689. The van der Waals surface area contributed by atoms with Crippen molar-refractivity contribution >= 4 is 0 Å². The molecule has 0 atom stereocenters. The second-order valence-corrected chi connectivity index (χ2v) is 2.27. The van der Waals surface area contributed by atoms with Gasteiger partial charge in [0.2, 0.25) is 0 Å². The minimum atomic E-state index is 0.558. The van der Waals surface area contributed by atoms with Crippen molar-refractivity contribution in [3.63, 3.8) is 0 Å². The van der Waals surface area contributed by atoms with E-state index in [1.807, 2.05) is 0 Å². The number of hydrogen-bond donors (Lipinski definition) is 2. The molecule has 0 aromatic rings. The van der Waals surface area contributed by atoms with E-state index >= 15 is 0 Å². The van der Waals surface area contributed by atoms with E-state index in [1.54, 1.807) is 0 Å². The summed E-state index contributed by atoms with van der Waals surface area (Å²) in [5, 5.41) is 0.